The summed E-state index contributed by atoms with van der Waals surface area (Å²) in [7, 11) is 0. The van der Waals surface area contributed by atoms with Crippen LogP contribution in [0.2, 0.25) is 0 Å². The van der Waals surface area contributed by atoms with Crippen molar-refractivity contribution in [1.82, 2.24) is 10.6 Å². The fourth-order valence-corrected chi connectivity index (χ4v) is 1.32. The number of hydrogen-bond donors (Lipinski definition) is 3. The van der Waals surface area contributed by atoms with Crippen LogP contribution < -0.4 is 10.6 Å². The van der Waals surface area contributed by atoms with Gasteiger partial charge in [-0.15, -0.1) is 0 Å². The summed E-state index contributed by atoms with van der Waals surface area (Å²) in [5.41, 5.74) is 0. The number of nitrogens with one attached hydrogen (secondary N) is 2. The van der Waals surface area contributed by atoms with Gasteiger partial charge >= 0.3 is 12.0 Å². The number of urea groups is 1. The van der Waals surface area contributed by atoms with E-state index in [-0.39, 0.29) is 30.5 Å². The molecule has 0 heterocycles. The topological polar surface area (TPSA) is 87.7 Å². The SMILES string of the molecule is CC(C)OCCNC(=O)NC(CC(=O)O)C(C)C. The first kappa shape index (κ1) is 16.7. The third-order valence-corrected chi connectivity index (χ3v) is 2.35. The monoisotopic (exact) mass is 260 g/mol. The molecule has 106 valence electrons. The number of carbonyl (C=O) groups is 2. The summed E-state index contributed by atoms with van der Waals surface area (Å²) in [6.45, 7) is 8.42. The highest BCUT2D eigenvalue weighted by Crippen LogP contribution is 2.05. The second-order valence-electron chi connectivity index (χ2n) is 4.77. The Balaban J connectivity index is 3.91. The molecule has 0 bridgehead atoms. The van der Waals surface area contributed by atoms with Gasteiger partial charge in [-0.1, -0.05) is 13.8 Å². The van der Waals surface area contributed by atoms with E-state index in [0.717, 1.165) is 0 Å². The first-order chi connectivity index (χ1) is 8.32. The van der Waals surface area contributed by atoms with Gasteiger partial charge < -0.3 is 20.5 Å². The van der Waals surface area contributed by atoms with Crippen LogP contribution in [0.4, 0.5) is 4.79 Å². The molecular formula is C12H24N2O4. The summed E-state index contributed by atoms with van der Waals surface area (Å²) < 4.78 is 5.27. The van der Waals surface area contributed by atoms with Crippen molar-refractivity contribution < 1.29 is 19.4 Å². The molecule has 0 radical (unpaired) electrons. The Kier molecular flexibility index (Phi) is 8.11. The van der Waals surface area contributed by atoms with Gasteiger partial charge in [-0.05, 0) is 19.8 Å². The van der Waals surface area contributed by atoms with Crippen molar-refractivity contribution >= 4 is 12.0 Å². The van der Waals surface area contributed by atoms with Crippen molar-refractivity contribution in [2.24, 2.45) is 5.92 Å². The maximum absolute atomic E-state index is 11.5. The minimum Gasteiger partial charge on any atom is -0.481 e. The maximum Gasteiger partial charge on any atom is 0.315 e. The van der Waals surface area contributed by atoms with E-state index in [1.54, 1.807) is 0 Å². The molecule has 18 heavy (non-hydrogen) atoms. The Morgan fingerprint density at radius 2 is 1.83 bits per heavy atom. The number of aliphatic carboxylic acids is 1. The first-order valence-corrected chi connectivity index (χ1v) is 6.20. The molecule has 0 aliphatic heterocycles. The van der Waals surface area contributed by atoms with Crippen molar-refractivity contribution in [1.29, 1.82) is 0 Å². The molecule has 1 atom stereocenters. The van der Waals surface area contributed by atoms with Gasteiger partial charge in [-0.25, -0.2) is 4.79 Å². The van der Waals surface area contributed by atoms with E-state index in [2.05, 4.69) is 10.6 Å². The molecule has 2 amide bonds. The van der Waals surface area contributed by atoms with Crippen molar-refractivity contribution in [3.8, 4) is 0 Å². The van der Waals surface area contributed by atoms with Gasteiger partial charge in [0.1, 0.15) is 0 Å². The lowest BCUT2D eigenvalue weighted by Gasteiger charge is -2.20. The predicted octanol–water partition coefficient (Wildman–Crippen LogP) is 1.21. The minimum atomic E-state index is -0.919. The van der Waals surface area contributed by atoms with Crippen molar-refractivity contribution in [3.05, 3.63) is 0 Å². The molecule has 0 aromatic carbocycles. The summed E-state index contributed by atoms with van der Waals surface area (Å²) in [6.07, 6.45) is 0.0541. The number of carbonyl (C=O) groups excluding carboxylic acids is 1. The zero-order chi connectivity index (χ0) is 14.1. The van der Waals surface area contributed by atoms with Gasteiger partial charge in [-0.3, -0.25) is 4.79 Å². The molecule has 0 aromatic rings. The van der Waals surface area contributed by atoms with E-state index in [1.165, 1.54) is 0 Å². The Hall–Kier alpha value is -1.30. The number of carboxylic acids is 1. The average Bonchev–Trinajstić information content (AvgIpc) is 2.22. The van der Waals surface area contributed by atoms with Gasteiger partial charge in [0.2, 0.25) is 0 Å². The lowest BCUT2D eigenvalue weighted by molar-refractivity contribution is -0.137. The van der Waals surface area contributed by atoms with E-state index in [0.29, 0.717) is 13.2 Å². The zero-order valence-corrected chi connectivity index (χ0v) is 11.5. The smallest absolute Gasteiger partial charge is 0.315 e. The van der Waals surface area contributed by atoms with Crippen molar-refractivity contribution in [2.75, 3.05) is 13.2 Å². The molecule has 6 nitrogen and oxygen atoms in total. The molecule has 0 aliphatic rings. The third-order valence-electron chi connectivity index (χ3n) is 2.35. The Morgan fingerprint density at radius 3 is 2.28 bits per heavy atom. The molecular weight excluding hydrogens is 236 g/mol. The normalized spacial score (nSPS) is 12.6. The summed E-state index contributed by atoms with van der Waals surface area (Å²) >= 11 is 0. The second kappa shape index (κ2) is 8.74. The van der Waals surface area contributed by atoms with Crippen LogP contribution in [0.5, 0.6) is 0 Å². The zero-order valence-electron chi connectivity index (χ0n) is 11.5. The number of ether oxygens (including phenoxy) is 1. The lowest BCUT2D eigenvalue weighted by Crippen LogP contribution is -2.46. The Bertz CT molecular complexity index is 267. The highest BCUT2D eigenvalue weighted by atomic mass is 16.5. The van der Waals surface area contributed by atoms with Crippen LogP contribution in [0.25, 0.3) is 0 Å². The second-order valence-corrected chi connectivity index (χ2v) is 4.77. The number of carboxylic acid groups (broad SMARTS) is 1. The summed E-state index contributed by atoms with van der Waals surface area (Å²) in [5.74, 6) is -0.851. The molecule has 0 rings (SSSR count). The van der Waals surface area contributed by atoms with E-state index < -0.39 is 5.97 Å². The molecule has 0 saturated heterocycles. The van der Waals surface area contributed by atoms with Gasteiger partial charge in [0.05, 0.1) is 19.1 Å². The average molecular weight is 260 g/mol. The standard InChI is InChI=1S/C12H24N2O4/c1-8(2)10(7-11(15)16)14-12(17)13-5-6-18-9(3)4/h8-10H,5-7H2,1-4H3,(H,15,16)(H2,13,14,17). The Morgan fingerprint density at radius 1 is 1.22 bits per heavy atom. The van der Waals surface area contributed by atoms with Crippen LogP contribution in [-0.2, 0) is 9.53 Å². The van der Waals surface area contributed by atoms with Crippen LogP contribution in [0.1, 0.15) is 34.1 Å². The number of rotatable bonds is 8. The number of amides is 2. The summed E-state index contributed by atoms with van der Waals surface area (Å²) in [6, 6.07) is -0.726. The van der Waals surface area contributed by atoms with Gasteiger partial charge in [-0.2, -0.15) is 0 Å². The fourth-order valence-electron chi connectivity index (χ4n) is 1.32. The molecule has 6 heteroatoms. The number of hydrogen-bond acceptors (Lipinski definition) is 3. The minimum absolute atomic E-state index is 0.0683. The molecule has 0 aromatic heterocycles. The first-order valence-electron chi connectivity index (χ1n) is 6.20. The molecule has 0 fully saturated rings. The molecule has 0 saturated carbocycles. The predicted molar refractivity (Wildman–Crippen MR) is 68.5 cm³/mol. The largest absolute Gasteiger partial charge is 0.481 e. The summed E-state index contributed by atoms with van der Waals surface area (Å²) in [4.78, 5) is 22.2. The Labute approximate surface area is 108 Å². The van der Waals surface area contributed by atoms with Gasteiger partial charge in [0, 0.05) is 12.6 Å². The van der Waals surface area contributed by atoms with Crippen LogP contribution >= 0.6 is 0 Å². The maximum atomic E-state index is 11.5. The van der Waals surface area contributed by atoms with Crippen LogP contribution in [0.3, 0.4) is 0 Å². The van der Waals surface area contributed by atoms with Crippen molar-refractivity contribution in [2.45, 2.75) is 46.3 Å². The molecule has 1 unspecified atom stereocenters. The van der Waals surface area contributed by atoms with E-state index in [4.69, 9.17) is 9.84 Å². The quantitative estimate of drug-likeness (QED) is 0.572. The van der Waals surface area contributed by atoms with Crippen LogP contribution in [0, 0.1) is 5.92 Å². The third kappa shape index (κ3) is 8.81. The van der Waals surface area contributed by atoms with Gasteiger partial charge in [0.25, 0.3) is 0 Å². The fraction of sp³-hybridized carbons (Fsp3) is 0.833. The molecule has 0 aliphatic carbocycles. The summed E-state index contributed by atoms with van der Waals surface area (Å²) in [5, 5.41) is 14.0. The van der Waals surface area contributed by atoms with Crippen LogP contribution in [-0.4, -0.2) is 42.4 Å². The van der Waals surface area contributed by atoms with Gasteiger partial charge in [0.15, 0.2) is 0 Å². The van der Waals surface area contributed by atoms with E-state index in [9.17, 15) is 9.59 Å². The van der Waals surface area contributed by atoms with E-state index >= 15 is 0 Å². The lowest BCUT2D eigenvalue weighted by atomic mass is 10.0. The molecule has 3 N–H and O–H groups in total. The highest BCUT2D eigenvalue weighted by molar-refractivity contribution is 5.75. The van der Waals surface area contributed by atoms with Crippen LogP contribution in [0.15, 0.2) is 0 Å². The van der Waals surface area contributed by atoms with Crippen molar-refractivity contribution in [3.63, 3.8) is 0 Å². The highest BCUT2D eigenvalue weighted by Gasteiger charge is 2.18. The molecule has 0 spiro atoms. The van der Waals surface area contributed by atoms with E-state index in [1.807, 2.05) is 27.7 Å².